The Hall–Kier alpha value is -0.500. The highest BCUT2D eigenvalue weighted by molar-refractivity contribution is 5.16. The van der Waals surface area contributed by atoms with Crippen LogP contribution < -0.4 is 5.32 Å². The second-order valence-electron chi connectivity index (χ2n) is 4.78. The Kier molecular flexibility index (Phi) is 2.82. The Morgan fingerprint density at radius 2 is 2.36 bits per heavy atom. The quantitative estimate of drug-likeness (QED) is 0.727. The molecule has 2 rings (SSSR count). The molecule has 14 heavy (non-hydrogen) atoms. The van der Waals surface area contributed by atoms with Gasteiger partial charge in [0, 0.05) is 6.42 Å². The Labute approximate surface area is 86.7 Å². The molecule has 1 atom stereocenters. The van der Waals surface area contributed by atoms with Crippen molar-refractivity contribution in [2.45, 2.75) is 45.6 Å². The molecule has 0 amide bonds. The van der Waals surface area contributed by atoms with Gasteiger partial charge in [-0.15, -0.1) is 0 Å². The molecule has 1 aliphatic heterocycles. The van der Waals surface area contributed by atoms with Crippen molar-refractivity contribution in [2.24, 2.45) is 5.41 Å². The van der Waals surface area contributed by atoms with Crippen molar-refractivity contribution >= 4 is 0 Å². The van der Waals surface area contributed by atoms with E-state index in [4.69, 9.17) is 4.74 Å². The summed E-state index contributed by atoms with van der Waals surface area (Å²) in [6, 6.07) is 0.477. The molecule has 0 spiro atoms. The number of hydrogen-bond donors (Lipinski definition) is 1. The summed E-state index contributed by atoms with van der Waals surface area (Å²) in [6.07, 6.45) is 7.23. The fraction of sp³-hybridized carbons (Fsp3) is 0.833. The summed E-state index contributed by atoms with van der Waals surface area (Å²) in [7, 11) is 0. The van der Waals surface area contributed by atoms with Crippen molar-refractivity contribution in [2.75, 3.05) is 13.2 Å². The lowest BCUT2D eigenvalue weighted by Gasteiger charge is -2.25. The topological polar surface area (TPSA) is 21.3 Å². The van der Waals surface area contributed by atoms with E-state index >= 15 is 0 Å². The van der Waals surface area contributed by atoms with E-state index in [9.17, 15) is 0 Å². The summed E-state index contributed by atoms with van der Waals surface area (Å²) >= 11 is 0. The fourth-order valence-corrected chi connectivity index (χ4v) is 2.10. The van der Waals surface area contributed by atoms with Crippen LogP contribution >= 0.6 is 0 Å². The van der Waals surface area contributed by atoms with Gasteiger partial charge in [-0.3, -0.25) is 0 Å². The Morgan fingerprint density at radius 1 is 1.57 bits per heavy atom. The lowest BCUT2D eigenvalue weighted by atomic mass is 9.96. The van der Waals surface area contributed by atoms with E-state index in [1.807, 2.05) is 0 Å². The first-order valence-electron chi connectivity index (χ1n) is 5.82. The third-order valence-electron chi connectivity index (χ3n) is 3.35. The molecule has 2 nitrogen and oxygen atoms in total. The average Bonchev–Trinajstić information content (AvgIpc) is 2.71. The van der Waals surface area contributed by atoms with E-state index in [-0.39, 0.29) is 0 Å². The van der Waals surface area contributed by atoms with Gasteiger partial charge in [-0.25, -0.2) is 0 Å². The zero-order valence-electron chi connectivity index (χ0n) is 9.31. The molecular weight excluding hydrogens is 174 g/mol. The van der Waals surface area contributed by atoms with Gasteiger partial charge < -0.3 is 10.1 Å². The monoisotopic (exact) mass is 195 g/mol. The summed E-state index contributed by atoms with van der Waals surface area (Å²) in [6.45, 7) is 6.56. The first kappa shape index (κ1) is 10.0. The van der Waals surface area contributed by atoms with Gasteiger partial charge >= 0.3 is 0 Å². The largest absolute Gasteiger partial charge is 0.496 e. The van der Waals surface area contributed by atoms with E-state index in [0.717, 1.165) is 19.6 Å². The van der Waals surface area contributed by atoms with E-state index in [1.165, 1.54) is 25.0 Å². The molecule has 0 saturated heterocycles. The van der Waals surface area contributed by atoms with Crippen LogP contribution in [-0.4, -0.2) is 19.2 Å². The third kappa shape index (κ3) is 1.95. The van der Waals surface area contributed by atoms with Gasteiger partial charge in [0.2, 0.25) is 0 Å². The zero-order chi connectivity index (χ0) is 10.0. The molecule has 2 heteroatoms. The Bertz CT molecular complexity index is 230. The highest BCUT2D eigenvalue weighted by Gasteiger charge is 2.47. The first-order chi connectivity index (χ1) is 6.76. The van der Waals surface area contributed by atoms with Gasteiger partial charge in [-0.05, 0) is 37.3 Å². The van der Waals surface area contributed by atoms with E-state index in [0.29, 0.717) is 11.5 Å². The minimum Gasteiger partial charge on any atom is -0.496 e. The number of ether oxygens (including phenoxy) is 1. The molecular formula is C12H21NO. The van der Waals surface area contributed by atoms with Crippen molar-refractivity contribution < 1.29 is 4.74 Å². The minimum atomic E-state index is 0.477. The second kappa shape index (κ2) is 3.93. The lowest BCUT2D eigenvalue weighted by molar-refractivity contribution is 0.190. The predicted molar refractivity (Wildman–Crippen MR) is 58.1 cm³/mol. The molecule has 0 bridgehead atoms. The Balaban J connectivity index is 1.98. The molecule has 1 unspecified atom stereocenters. The van der Waals surface area contributed by atoms with E-state index < -0.39 is 0 Å². The fourth-order valence-electron chi connectivity index (χ4n) is 2.10. The predicted octanol–water partition coefficient (Wildman–Crippen LogP) is 2.46. The molecule has 1 heterocycles. The Morgan fingerprint density at radius 3 is 2.86 bits per heavy atom. The maximum absolute atomic E-state index is 5.68. The van der Waals surface area contributed by atoms with Crippen LogP contribution in [0.5, 0.6) is 0 Å². The van der Waals surface area contributed by atoms with Crippen molar-refractivity contribution in [3.05, 3.63) is 11.8 Å². The van der Waals surface area contributed by atoms with Crippen molar-refractivity contribution in [3.8, 4) is 0 Å². The molecule has 0 aromatic rings. The molecule has 1 N–H and O–H groups in total. The van der Waals surface area contributed by atoms with Crippen LogP contribution in [0.1, 0.15) is 39.5 Å². The maximum atomic E-state index is 5.68. The zero-order valence-corrected chi connectivity index (χ0v) is 9.31. The maximum Gasteiger partial charge on any atom is 0.110 e. The highest BCUT2D eigenvalue weighted by Crippen LogP contribution is 2.50. The van der Waals surface area contributed by atoms with Gasteiger partial charge in [0.15, 0.2) is 0 Å². The molecule has 80 valence electrons. The lowest BCUT2D eigenvalue weighted by Crippen LogP contribution is -2.38. The van der Waals surface area contributed by atoms with E-state index in [1.54, 1.807) is 0 Å². The van der Waals surface area contributed by atoms with Gasteiger partial charge in [0.25, 0.3) is 0 Å². The number of nitrogens with one attached hydrogen (secondary N) is 1. The molecule has 1 fully saturated rings. The van der Waals surface area contributed by atoms with Gasteiger partial charge in [-0.2, -0.15) is 0 Å². The normalized spacial score (nSPS) is 25.4. The standard InChI is InChI=1S/C12H21NO/c1-3-8-13-11(12(2)6-7-12)10-5-4-9-14-10/h5,11,13H,3-4,6-9H2,1-2H3. The van der Waals surface area contributed by atoms with Crippen LogP contribution in [0, 0.1) is 5.41 Å². The van der Waals surface area contributed by atoms with Crippen LogP contribution in [0.25, 0.3) is 0 Å². The van der Waals surface area contributed by atoms with E-state index in [2.05, 4.69) is 25.2 Å². The summed E-state index contributed by atoms with van der Waals surface area (Å²) < 4.78 is 5.68. The van der Waals surface area contributed by atoms with Crippen molar-refractivity contribution in [3.63, 3.8) is 0 Å². The molecule has 0 aromatic carbocycles. The van der Waals surface area contributed by atoms with Crippen molar-refractivity contribution in [1.82, 2.24) is 5.32 Å². The van der Waals surface area contributed by atoms with Crippen LogP contribution in [0.3, 0.4) is 0 Å². The smallest absolute Gasteiger partial charge is 0.110 e. The van der Waals surface area contributed by atoms with Crippen LogP contribution in [0.2, 0.25) is 0 Å². The van der Waals surface area contributed by atoms with Crippen LogP contribution in [-0.2, 0) is 4.74 Å². The molecule has 2 aliphatic rings. The second-order valence-corrected chi connectivity index (χ2v) is 4.78. The van der Waals surface area contributed by atoms with Gasteiger partial charge in [0.1, 0.15) is 5.76 Å². The summed E-state index contributed by atoms with van der Waals surface area (Å²) in [5.41, 5.74) is 0.478. The summed E-state index contributed by atoms with van der Waals surface area (Å²) in [5, 5.41) is 3.62. The van der Waals surface area contributed by atoms with Crippen molar-refractivity contribution in [1.29, 1.82) is 0 Å². The molecule has 1 saturated carbocycles. The molecule has 0 radical (unpaired) electrons. The van der Waals surface area contributed by atoms with Crippen LogP contribution in [0.4, 0.5) is 0 Å². The highest BCUT2D eigenvalue weighted by atomic mass is 16.5. The van der Waals surface area contributed by atoms with Gasteiger partial charge in [0.05, 0.1) is 12.6 Å². The summed E-state index contributed by atoms with van der Waals surface area (Å²) in [4.78, 5) is 0. The SMILES string of the molecule is CCCNC(C1=CCCO1)C1(C)CC1. The molecule has 1 aliphatic carbocycles. The first-order valence-corrected chi connectivity index (χ1v) is 5.82. The number of rotatable bonds is 5. The summed E-state index contributed by atoms with van der Waals surface area (Å²) in [5.74, 6) is 1.21. The van der Waals surface area contributed by atoms with Gasteiger partial charge in [-0.1, -0.05) is 13.8 Å². The third-order valence-corrected chi connectivity index (χ3v) is 3.35. The van der Waals surface area contributed by atoms with Crippen LogP contribution in [0.15, 0.2) is 11.8 Å². The average molecular weight is 195 g/mol. The molecule has 0 aromatic heterocycles. The minimum absolute atomic E-state index is 0.477. The number of hydrogen-bond acceptors (Lipinski definition) is 2.